The minimum Gasteiger partial charge on any atom is -0.361 e. The van der Waals surface area contributed by atoms with Gasteiger partial charge in [0.1, 0.15) is 0 Å². The van der Waals surface area contributed by atoms with Gasteiger partial charge in [0.25, 0.3) is 0 Å². The maximum atomic E-state index is 10.7. The van der Waals surface area contributed by atoms with Gasteiger partial charge in [0, 0.05) is 36.6 Å². The van der Waals surface area contributed by atoms with Crippen molar-refractivity contribution in [2.24, 2.45) is 17.8 Å². The average Bonchev–Trinajstić information content (AvgIpc) is 2.91. The van der Waals surface area contributed by atoms with E-state index in [0.717, 1.165) is 24.3 Å². The lowest BCUT2D eigenvalue weighted by atomic mass is 10.1. The third-order valence-corrected chi connectivity index (χ3v) is 5.09. The van der Waals surface area contributed by atoms with Gasteiger partial charge in [0.15, 0.2) is 0 Å². The first-order valence-electron chi connectivity index (χ1n) is 8.56. The third-order valence-electron chi connectivity index (χ3n) is 5.09. The Morgan fingerprint density at radius 3 is 2.61 bits per heavy atom. The number of nitrogens with one attached hydrogen (secondary N) is 3. The summed E-state index contributed by atoms with van der Waals surface area (Å²) in [4.78, 5) is 13.9. The Bertz CT molecular complexity index is 666. The second-order valence-electron chi connectivity index (χ2n) is 7.02. The van der Waals surface area contributed by atoms with E-state index in [1.54, 1.807) is 6.92 Å². The van der Waals surface area contributed by atoms with Gasteiger partial charge in [-0.15, -0.1) is 0 Å². The number of hydrogen-bond donors (Lipinski definition) is 3. The summed E-state index contributed by atoms with van der Waals surface area (Å²) in [6.07, 6.45) is 4.71. The van der Waals surface area contributed by atoms with E-state index in [4.69, 9.17) is 0 Å². The van der Waals surface area contributed by atoms with Gasteiger partial charge in [-0.1, -0.05) is 25.1 Å². The van der Waals surface area contributed by atoms with Gasteiger partial charge in [0.2, 0.25) is 5.91 Å². The lowest BCUT2D eigenvalue weighted by Gasteiger charge is -2.08. The zero-order chi connectivity index (χ0) is 16.4. The van der Waals surface area contributed by atoms with Gasteiger partial charge in [-0.25, -0.2) is 0 Å². The molecule has 1 aromatic carbocycles. The molecule has 4 nitrogen and oxygen atoms in total. The monoisotopic (exact) mass is 313 g/mol. The van der Waals surface area contributed by atoms with E-state index in [1.807, 2.05) is 13.1 Å². The molecule has 0 radical (unpaired) electrons. The molecule has 2 aliphatic carbocycles. The van der Waals surface area contributed by atoms with Crippen LogP contribution in [0.1, 0.15) is 32.3 Å². The molecule has 0 saturated heterocycles. The predicted molar refractivity (Wildman–Crippen MR) is 94.0 cm³/mol. The fourth-order valence-electron chi connectivity index (χ4n) is 4.03. The summed E-state index contributed by atoms with van der Waals surface area (Å²) in [6, 6.07) is 8.88. The number of aromatic nitrogens is 1. The average molecular weight is 313 g/mol. The fourth-order valence-corrected chi connectivity index (χ4v) is 4.03. The van der Waals surface area contributed by atoms with Crippen molar-refractivity contribution in [2.75, 3.05) is 7.05 Å². The zero-order valence-electron chi connectivity index (χ0n) is 14.2. The molecule has 0 bridgehead atoms. The highest BCUT2D eigenvalue weighted by Crippen LogP contribution is 2.54. The van der Waals surface area contributed by atoms with Crippen LogP contribution in [0.15, 0.2) is 30.5 Å². The van der Waals surface area contributed by atoms with E-state index in [2.05, 4.69) is 46.9 Å². The molecular weight excluding hydrogens is 286 g/mol. The Balaban J connectivity index is 0.000000136. The molecule has 124 valence electrons. The van der Waals surface area contributed by atoms with Crippen molar-refractivity contribution in [1.82, 2.24) is 15.6 Å². The number of amides is 1. The lowest BCUT2D eigenvalue weighted by Crippen LogP contribution is -2.26. The lowest BCUT2D eigenvalue weighted by molar-refractivity contribution is -0.119. The van der Waals surface area contributed by atoms with Crippen LogP contribution in [0.4, 0.5) is 0 Å². The summed E-state index contributed by atoms with van der Waals surface area (Å²) >= 11 is 0. The van der Waals surface area contributed by atoms with Gasteiger partial charge in [-0.05, 0) is 49.3 Å². The van der Waals surface area contributed by atoms with Crippen LogP contribution in [0.5, 0.6) is 0 Å². The van der Waals surface area contributed by atoms with Crippen LogP contribution >= 0.6 is 0 Å². The Kier molecular flexibility index (Phi) is 4.71. The van der Waals surface area contributed by atoms with Crippen molar-refractivity contribution >= 4 is 16.8 Å². The highest BCUT2D eigenvalue weighted by Gasteiger charge is 2.55. The topological polar surface area (TPSA) is 56.9 Å². The summed E-state index contributed by atoms with van der Waals surface area (Å²) in [6.45, 7) is 4.83. The summed E-state index contributed by atoms with van der Waals surface area (Å²) in [5, 5.41) is 7.45. The number of fused-ring (bicyclic) bond motifs is 2. The third kappa shape index (κ3) is 3.58. The first-order valence-corrected chi connectivity index (χ1v) is 8.56. The van der Waals surface area contributed by atoms with Gasteiger partial charge < -0.3 is 15.6 Å². The van der Waals surface area contributed by atoms with Crippen LogP contribution in [0.3, 0.4) is 0 Å². The van der Waals surface area contributed by atoms with Crippen molar-refractivity contribution < 1.29 is 4.79 Å². The Morgan fingerprint density at radius 1 is 1.26 bits per heavy atom. The van der Waals surface area contributed by atoms with Crippen molar-refractivity contribution in [3.8, 4) is 0 Å². The molecule has 2 atom stereocenters. The largest absolute Gasteiger partial charge is 0.361 e. The van der Waals surface area contributed by atoms with E-state index in [9.17, 15) is 4.79 Å². The van der Waals surface area contributed by atoms with Gasteiger partial charge in [-0.3, -0.25) is 4.79 Å². The summed E-state index contributed by atoms with van der Waals surface area (Å²) < 4.78 is 0. The van der Waals surface area contributed by atoms with E-state index in [-0.39, 0.29) is 5.91 Å². The second kappa shape index (κ2) is 6.75. The van der Waals surface area contributed by atoms with Gasteiger partial charge in [-0.2, -0.15) is 0 Å². The fraction of sp³-hybridized carbons (Fsp3) is 0.526. The van der Waals surface area contributed by atoms with Crippen LogP contribution in [-0.4, -0.2) is 24.0 Å². The molecule has 2 aromatic rings. The van der Waals surface area contributed by atoms with E-state index < -0.39 is 0 Å². The van der Waals surface area contributed by atoms with Gasteiger partial charge >= 0.3 is 0 Å². The molecule has 1 heterocycles. The number of para-hydroxylation sites is 1. The van der Waals surface area contributed by atoms with E-state index >= 15 is 0 Å². The quantitative estimate of drug-likeness (QED) is 0.816. The van der Waals surface area contributed by atoms with Gasteiger partial charge in [0.05, 0.1) is 0 Å². The standard InChI is InChI=1S/C10H12N2.C9H15NO/c1-11-6-8-7-12-10-5-3-2-4-9(8)10;1-5-3-7-8(4-5)9(7)10-6(2)11/h2-5,7,11-12H,6H2,1H3;5,7-9H,3-4H2,1-2H3,(H,10,11). The zero-order valence-corrected chi connectivity index (χ0v) is 14.2. The molecule has 4 heteroatoms. The van der Waals surface area contributed by atoms with Crippen molar-refractivity contribution in [3.63, 3.8) is 0 Å². The SMILES string of the molecule is CC(=O)NC1C2CC(C)CC21.CNCc1c[nH]c2ccccc12. The van der Waals surface area contributed by atoms with Crippen molar-refractivity contribution in [1.29, 1.82) is 0 Å². The Labute approximate surface area is 138 Å². The molecule has 4 rings (SSSR count). The van der Waals surface area contributed by atoms with E-state index in [0.29, 0.717) is 6.04 Å². The van der Waals surface area contributed by atoms with Crippen LogP contribution < -0.4 is 10.6 Å². The number of H-pyrrole nitrogens is 1. The van der Waals surface area contributed by atoms with Crippen LogP contribution in [0.25, 0.3) is 10.9 Å². The number of rotatable bonds is 3. The predicted octanol–water partition coefficient (Wildman–Crippen LogP) is 3.05. The summed E-state index contributed by atoms with van der Waals surface area (Å²) in [5.74, 6) is 2.69. The highest BCUT2D eigenvalue weighted by atomic mass is 16.1. The number of carbonyl (C=O) groups is 1. The molecule has 2 fully saturated rings. The molecular formula is C19H27N3O. The van der Waals surface area contributed by atoms with E-state index in [1.165, 1.54) is 29.3 Å². The van der Waals surface area contributed by atoms with Crippen LogP contribution in [0, 0.1) is 17.8 Å². The molecule has 2 unspecified atom stereocenters. The number of hydrogen-bond acceptors (Lipinski definition) is 2. The smallest absolute Gasteiger partial charge is 0.217 e. The molecule has 0 spiro atoms. The van der Waals surface area contributed by atoms with Crippen LogP contribution in [0.2, 0.25) is 0 Å². The maximum absolute atomic E-state index is 10.7. The first kappa shape index (κ1) is 16.1. The summed E-state index contributed by atoms with van der Waals surface area (Å²) in [7, 11) is 1.96. The van der Waals surface area contributed by atoms with Crippen LogP contribution in [-0.2, 0) is 11.3 Å². The molecule has 2 saturated carbocycles. The molecule has 0 aliphatic heterocycles. The molecule has 2 aliphatic rings. The first-order chi connectivity index (χ1) is 11.1. The van der Waals surface area contributed by atoms with Crippen molar-refractivity contribution in [3.05, 3.63) is 36.0 Å². The normalized spacial score (nSPS) is 28.0. The molecule has 1 amide bonds. The number of benzene rings is 1. The van der Waals surface area contributed by atoms with Crippen molar-refractivity contribution in [2.45, 2.75) is 39.3 Å². The molecule has 1 aromatic heterocycles. The molecule has 3 N–H and O–H groups in total. The highest BCUT2D eigenvalue weighted by molar-refractivity contribution is 5.82. The molecule has 23 heavy (non-hydrogen) atoms. The number of carbonyl (C=O) groups excluding carboxylic acids is 1. The summed E-state index contributed by atoms with van der Waals surface area (Å²) in [5.41, 5.74) is 2.54. The Morgan fingerprint density at radius 2 is 1.96 bits per heavy atom. The Hall–Kier alpha value is -1.81. The number of aromatic amines is 1. The minimum absolute atomic E-state index is 0.136. The maximum Gasteiger partial charge on any atom is 0.217 e. The second-order valence-corrected chi connectivity index (χ2v) is 7.02. The minimum atomic E-state index is 0.136.